The van der Waals surface area contributed by atoms with Crippen LogP contribution in [0.25, 0.3) is 6.08 Å². The fraction of sp³-hybridized carbons (Fsp3) is 0.318. The molecule has 2 unspecified atom stereocenters. The van der Waals surface area contributed by atoms with E-state index >= 15 is 0 Å². The molecule has 1 saturated carbocycles. The largest absolute Gasteiger partial charge is 0.292 e. The van der Waals surface area contributed by atoms with Crippen LogP contribution in [0.1, 0.15) is 36.8 Å². The first-order valence-corrected chi connectivity index (χ1v) is 9.32. The summed E-state index contributed by atoms with van der Waals surface area (Å²) in [5.74, 6) is 1.04. The maximum atomic E-state index is 13.2. The highest BCUT2D eigenvalue weighted by Gasteiger charge is 2.38. The molecule has 4 heteroatoms. The molecule has 0 spiro atoms. The van der Waals surface area contributed by atoms with Gasteiger partial charge in [0.25, 0.3) is 0 Å². The van der Waals surface area contributed by atoms with E-state index < -0.39 is 0 Å². The maximum absolute atomic E-state index is 13.2. The number of hydrogen-bond acceptors (Lipinski definition) is 3. The minimum absolute atomic E-state index is 0.0444. The molecule has 0 saturated heterocycles. The number of pyridine rings is 1. The second-order valence-electron chi connectivity index (χ2n) is 6.98. The van der Waals surface area contributed by atoms with Crippen molar-refractivity contribution < 1.29 is 4.79 Å². The molecule has 132 valence electrons. The minimum atomic E-state index is 0.0444. The van der Waals surface area contributed by atoms with Gasteiger partial charge >= 0.3 is 0 Å². The summed E-state index contributed by atoms with van der Waals surface area (Å²) in [4.78, 5) is 24.1. The zero-order chi connectivity index (χ0) is 17.8. The number of rotatable bonds is 4. The van der Waals surface area contributed by atoms with E-state index in [0.717, 1.165) is 42.6 Å². The number of nitrogens with zero attached hydrogens (tertiary/aromatic N) is 3. The third-order valence-electron chi connectivity index (χ3n) is 5.18. The van der Waals surface area contributed by atoms with Gasteiger partial charge in [-0.3, -0.25) is 19.7 Å². The summed E-state index contributed by atoms with van der Waals surface area (Å²) in [6.07, 6.45) is 11.8. The van der Waals surface area contributed by atoms with Crippen molar-refractivity contribution in [3.05, 3.63) is 72.1 Å². The van der Waals surface area contributed by atoms with Gasteiger partial charge in [0, 0.05) is 12.4 Å². The lowest BCUT2D eigenvalue weighted by Crippen LogP contribution is -2.48. The van der Waals surface area contributed by atoms with Crippen molar-refractivity contribution in [3.63, 3.8) is 0 Å². The minimum Gasteiger partial charge on any atom is -0.292 e. The summed E-state index contributed by atoms with van der Waals surface area (Å²) < 4.78 is 0. The van der Waals surface area contributed by atoms with Gasteiger partial charge in [-0.2, -0.15) is 0 Å². The van der Waals surface area contributed by atoms with Crippen molar-refractivity contribution in [2.24, 2.45) is 10.9 Å². The lowest BCUT2D eigenvalue weighted by Gasteiger charge is -2.38. The van der Waals surface area contributed by atoms with Crippen molar-refractivity contribution in [3.8, 4) is 0 Å². The third kappa shape index (κ3) is 3.59. The summed E-state index contributed by atoms with van der Waals surface area (Å²) in [7, 11) is 0. The average Bonchev–Trinajstić information content (AvgIpc) is 2.70. The molecule has 4 nitrogen and oxygen atoms in total. The lowest BCUT2D eigenvalue weighted by molar-refractivity contribution is -0.134. The van der Waals surface area contributed by atoms with E-state index in [-0.39, 0.29) is 17.9 Å². The average molecular weight is 345 g/mol. The second kappa shape index (κ2) is 7.65. The first kappa shape index (κ1) is 16.7. The van der Waals surface area contributed by atoms with Crippen LogP contribution in [0.3, 0.4) is 0 Å². The van der Waals surface area contributed by atoms with Crippen molar-refractivity contribution >= 4 is 17.8 Å². The van der Waals surface area contributed by atoms with Gasteiger partial charge in [-0.15, -0.1) is 0 Å². The Morgan fingerprint density at radius 1 is 1.04 bits per heavy atom. The molecule has 2 aliphatic rings. The van der Waals surface area contributed by atoms with Crippen molar-refractivity contribution in [2.75, 3.05) is 0 Å². The van der Waals surface area contributed by atoms with Gasteiger partial charge in [0.05, 0.1) is 18.5 Å². The quantitative estimate of drug-likeness (QED) is 0.838. The molecule has 1 aromatic carbocycles. The van der Waals surface area contributed by atoms with E-state index in [1.165, 1.54) is 0 Å². The van der Waals surface area contributed by atoms with Crippen LogP contribution in [0.2, 0.25) is 0 Å². The summed E-state index contributed by atoms with van der Waals surface area (Å²) >= 11 is 0. The van der Waals surface area contributed by atoms with Crippen LogP contribution < -0.4 is 0 Å². The number of amidine groups is 1. The zero-order valence-corrected chi connectivity index (χ0v) is 14.8. The Morgan fingerprint density at radius 3 is 2.69 bits per heavy atom. The molecule has 1 amide bonds. The van der Waals surface area contributed by atoms with Gasteiger partial charge in [0.15, 0.2) is 0 Å². The van der Waals surface area contributed by atoms with Crippen LogP contribution >= 0.6 is 0 Å². The van der Waals surface area contributed by atoms with Crippen LogP contribution in [0, 0.1) is 5.92 Å². The van der Waals surface area contributed by atoms with Crippen molar-refractivity contribution in [1.29, 1.82) is 0 Å². The molecule has 26 heavy (non-hydrogen) atoms. The van der Waals surface area contributed by atoms with E-state index in [0.29, 0.717) is 6.54 Å². The van der Waals surface area contributed by atoms with Crippen LogP contribution in [0.5, 0.6) is 0 Å². The number of aliphatic imine (C=N–C) groups is 1. The monoisotopic (exact) mass is 345 g/mol. The first-order chi connectivity index (χ1) is 12.8. The summed E-state index contributed by atoms with van der Waals surface area (Å²) in [5, 5.41) is 0. The molecule has 2 heterocycles. The van der Waals surface area contributed by atoms with Gasteiger partial charge in [-0.05, 0) is 42.2 Å². The Morgan fingerprint density at radius 2 is 1.88 bits per heavy atom. The predicted octanol–water partition coefficient (Wildman–Crippen LogP) is 4.09. The second-order valence-corrected chi connectivity index (χ2v) is 6.98. The number of aromatic nitrogens is 1. The van der Waals surface area contributed by atoms with E-state index in [1.54, 1.807) is 6.20 Å². The highest BCUT2D eigenvalue weighted by Crippen LogP contribution is 2.32. The van der Waals surface area contributed by atoms with E-state index in [4.69, 9.17) is 4.99 Å². The van der Waals surface area contributed by atoms with Crippen LogP contribution in [0.15, 0.2) is 65.9 Å². The van der Waals surface area contributed by atoms with Crippen molar-refractivity contribution in [1.82, 2.24) is 9.88 Å². The number of benzene rings is 1. The standard InChI is InChI=1S/C22H23N3O/c26-22-19-10-4-5-11-20(19)24-21(13-12-17-9-6-14-23-15-17)25(22)16-18-7-2-1-3-8-18/h1-3,6-9,12-15,19-20H,4-5,10-11,16H2/b13-12+. The zero-order valence-electron chi connectivity index (χ0n) is 14.8. The van der Waals surface area contributed by atoms with Gasteiger partial charge in [-0.25, -0.2) is 0 Å². The maximum Gasteiger partial charge on any atom is 0.233 e. The molecule has 1 aliphatic heterocycles. The van der Waals surface area contributed by atoms with E-state index in [2.05, 4.69) is 17.1 Å². The van der Waals surface area contributed by atoms with Gasteiger partial charge in [0.1, 0.15) is 5.84 Å². The SMILES string of the molecule is O=C1C2CCCCC2N=C(/C=C/c2cccnc2)N1Cc1ccccc1. The van der Waals surface area contributed by atoms with Crippen molar-refractivity contribution in [2.45, 2.75) is 38.3 Å². The molecule has 2 atom stereocenters. The number of carbonyl (C=O) groups is 1. The normalized spacial score (nSPS) is 23.0. The smallest absolute Gasteiger partial charge is 0.233 e. The van der Waals surface area contributed by atoms with Gasteiger partial charge in [0.2, 0.25) is 5.91 Å². The molecular formula is C22H23N3O. The predicted molar refractivity (Wildman–Crippen MR) is 103 cm³/mol. The molecule has 0 N–H and O–H groups in total. The van der Waals surface area contributed by atoms with E-state index in [1.807, 2.05) is 53.6 Å². The topological polar surface area (TPSA) is 45.6 Å². The Bertz CT molecular complexity index is 814. The number of hydrogen-bond donors (Lipinski definition) is 0. The molecule has 1 aromatic heterocycles. The summed E-state index contributed by atoms with van der Waals surface area (Å²) in [5.41, 5.74) is 2.13. The number of amides is 1. The van der Waals surface area contributed by atoms with Crippen LogP contribution in [-0.2, 0) is 11.3 Å². The Balaban J connectivity index is 1.65. The lowest BCUT2D eigenvalue weighted by atomic mass is 9.82. The third-order valence-corrected chi connectivity index (χ3v) is 5.18. The molecule has 0 radical (unpaired) electrons. The highest BCUT2D eigenvalue weighted by atomic mass is 16.2. The molecular weight excluding hydrogens is 322 g/mol. The Labute approximate surface area is 154 Å². The Hall–Kier alpha value is -2.75. The van der Waals surface area contributed by atoms with Gasteiger partial charge in [-0.1, -0.05) is 49.2 Å². The first-order valence-electron chi connectivity index (χ1n) is 9.32. The molecule has 1 aliphatic carbocycles. The van der Waals surface area contributed by atoms with Crippen LogP contribution in [-0.4, -0.2) is 27.7 Å². The molecule has 2 aromatic rings. The fourth-order valence-corrected chi connectivity index (χ4v) is 3.81. The number of fused-ring (bicyclic) bond motifs is 1. The molecule has 1 fully saturated rings. The van der Waals surface area contributed by atoms with Crippen LogP contribution in [0.4, 0.5) is 0 Å². The molecule has 0 bridgehead atoms. The fourth-order valence-electron chi connectivity index (χ4n) is 3.81. The summed E-state index contributed by atoms with van der Waals surface area (Å²) in [6, 6.07) is 14.2. The Kier molecular flexibility index (Phi) is 4.91. The van der Waals surface area contributed by atoms with Gasteiger partial charge < -0.3 is 0 Å². The summed E-state index contributed by atoms with van der Waals surface area (Å²) in [6.45, 7) is 0.569. The van der Waals surface area contributed by atoms with E-state index in [9.17, 15) is 4.79 Å². The number of carbonyl (C=O) groups excluding carboxylic acids is 1. The molecule has 4 rings (SSSR count). The highest BCUT2D eigenvalue weighted by molar-refractivity contribution is 6.08.